The first kappa shape index (κ1) is 15.8. The molecule has 0 saturated heterocycles. The van der Waals surface area contributed by atoms with Crippen molar-refractivity contribution in [3.63, 3.8) is 0 Å². The third-order valence-corrected chi connectivity index (χ3v) is 4.10. The van der Waals surface area contributed by atoms with E-state index in [0.717, 1.165) is 31.7 Å². The van der Waals surface area contributed by atoms with E-state index in [9.17, 15) is 14.0 Å². The average molecular weight is 313 g/mol. The number of carbonyl (C=O) groups excluding carboxylic acids is 2. The van der Waals surface area contributed by atoms with Gasteiger partial charge in [0.2, 0.25) is 0 Å². The molecule has 1 saturated carbocycles. The predicted octanol–water partition coefficient (Wildman–Crippen LogP) is 3.11. The molecule has 2 N–H and O–H groups in total. The molecule has 1 aliphatic rings. The first-order valence-corrected chi connectivity index (χ1v) is 7.42. The van der Waals surface area contributed by atoms with Gasteiger partial charge in [-0.15, -0.1) is 0 Å². The smallest absolute Gasteiger partial charge is 0.313 e. The molecule has 1 aromatic carbocycles. The minimum absolute atomic E-state index is 0.0359. The van der Waals surface area contributed by atoms with Gasteiger partial charge in [-0.05, 0) is 37.0 Å². The molecule has 1 fully saturated rings. The molecule has 1 aliphatic carbocycles. The van der Waals surface area contributed by atoms with E-state index in [1.54, 1.807) is 0 Å². The van der Waals surface area contributed by atoms with Gasteiger partial charge in [0.1, 0.15) is 5.82 Å². The van der Waals surface area contributed by atoms with Crippen LogP contribution in [-0.2, 0) is 9.59 Å². The van der Waals surface area contributed by atoms with Crippen molar-refractivity contribution in [2.24, 2.45) is 5.92 Å². The summed E-state index contributed by atoms with van der Waals surface area (Å²) in [6.07, 6.45) is 4.17. The van der Waals surface area contributed by atoms with Gasteiger partial charge in [-0.1, -0.05) is 31.4 Å². The Kier molecular flexibility index (Phi) is 5.17. The van der Waals surface area contributed by atoms with Crippen LogP contribution in [0.5, 0.6) is 0 Å². The average Bonchev–Trinajstić information content (AvgIpc) is 2.45. The Morgan fingerprint density at radius 3 is 2.62 bits per heavy atom. The molecule has 2 atom stereocenters. The molecule has 0 unspecified atom stereocenters. The van der Waals surface area contributed by atoms with E-state index in [-0.39, 0.29) is 11.1 Å². The summed E-state index contributed by atoms with van der Waals surface area (Å²) >= 11 is 5.62. The Morgan fingerprint density at radius 1 is 1.24 bits per heavy atom. The van der Waals surface area contributed by atoms with Crippen molar-refractivity contribution < 1.29 is 14.0 Å². The molecular weight excluding hydrogens is 295 g/mol. The van der Waals surface area contributed by atoms with E-state index in [0.29, 0.717) is 11.6 Å². The van der Waals surface area contributed by atoms with Crippen LogP contribution in [0.25, 0.3) is 0 Å². The summed E-state index contributed by atoms with van der Waals surface area (Å²) in [7, 11) is 0. The summed E-state index contributed by atoms with van der Waals surface area (Å²) in [5, 5.41) is 5.07. The molecule has 114 valence electrons. The molecule has 0 aliphatic heterocycles. The third kappa shape index (κ3) is 4.17. The molecule has 1 aromatic rings. The zero-order valence-electron chi connectivity index (χ0n) is 11.8. The van der Waals surface area contributed by atoms with Crippen LogP contribution in [0.4, 0.5) is 10.1 Å². The van der Waals surface area contributed by atoms with E-state index in [4.69, 9.17) is 11.6 Å². The van der Waals surface area contributed by atoms with Crippen LogP contribution in [0, 0.1) is 11.7 Å². The number of hydrogen-bond acceptors (Lipinski definition) is 2. The van der Waals surface area contributed by atoms with E-state index >= 15 is 0 Å². The Labute approximate surface area is 128 Å². The van der Waals surface area contributed by atoms with Crippen LogP contribution < -0.4 is 10.6 Å². The standard InChI is InChI=1S/C15H18ClFN2O2/c1-9-4-2-3-5-13(9)19-15(21)14(20)18-10-6-7-12(17)11(16)8-10/h6-9,13H,2-5H2,1H3,(H,18,20)(H,19,21)/t9-,13+/m1/s1. The highest BCUT2D eigenvalue weighted by atomic mass is 35.5. The minimum atomic E-state index is -0.768. The van der Waals surface area contributed by atoms with Gasteiger partial charge < -0.3 is 10.6 Å². The van der Waals surface area contributed by atoms with E-state index < -0.39 is 17.6 Å². The maximum atomic E-state index is 13.0. The Hall–Kier alpha value is -1.62. The summed E-state index contributed by atoms with van der Waals surface area (Å²) in [5.41, 5.74) is 0.290. The van der Waals surface area contributed by atoms with Crippen LogP contribution in [0.1, 0.15) is 32.6 Å². The lowest BCUT2D eigenvalue weighted by Crippen LogP contribution is -2.45. The van der Waals surface area contributed by atoms with Crippen molar-refractivity contribution in [1.82, 2.24) is 5.32 Å². The van der Waals surface area contributed by atoms with Crippen LogP contribution in [0.15, 0.2) is 18.2 Å². The van der Waals surface area contributed by atoms with Crippen LogP contribution in [0.2, 0.25) is 5.02 Å². The van der Waals surface area contributed by atoms with Gasteiger partial charge in [0.15, 0.2) is 0 Å². The highest BCUT2D eigenvalue weighted by Crippen LogP contribution is 2.23. The lowest BCUT2D eigenvalue weighted by molar-refractivity contribution is -0.137. The summed E-state index contributed by atoms with van der Waals surface area (Å²) in [4.78, 5) is 23.7. The van der Waals surface area contributed by atoms with Crippen molar-refractivity contribution in [1.29, 1.82) is 0 Å². The predicted molar refractivity (Wildman–Crippen MR) is 79.6 cm³/mol. The molecular formula is C15H18ClFN2O2. The number of rotatable bonds is 2. The quantitative estimate of drug-likeness (QED) is 0.824. The maximum absolute atomic E-state index is 13.0. The lowest BCUT2D eigenvalue weighted by Gasteiger charge is -2.29. The number of carbonyl (C=O) groups is 2. The summed E-state index contributed by atoms with van der Waals surface area (Å²) < 4.78 is 13.0. The fourth-order valence-corrected chi connectivity index (χ4v) is 2.71. The Balaban J connectivity index is 1.93. The Bertz CT molecular complexity index is 550. The molecule has 0 heterocycles. The van der Waals surface area contributed by atoms with Crippen molar-refractivity contribution in [3.8, 4) is 0 Å². The summed E-state index contributed by atoms with van der Waals surface area (Å²) in [6.45, 7) is 2.07. The van der Waals surface area contributed by atoms with Gasteiger partial charge in [-0.3, -0.25) is 9.59 Å². The normalized spacial score (nSPS) is 21.7. The number of halogens is 2. The van der Waals surface area contributed by atoms with Gasteiger partial charge in [-0.2, -0.15) is 0 Å². The van der Waals surface area contributed by atoms with Gasteiger partial charge in [0.05, 0.1) is 5.02 Å². The number of benzene rings is 1. The van der Waals surface area contributed by atoms with E-state index in [1.165, 1.54) is 12.1 Å². The van der Waals surface area contributed by atoms with Gasteiger partial charge in [0.25, 0.3) is 0 Å². The lowest BCUT2D eigenvalue weighted by atomic mass is 9.86. The van der Waals surface area contributed by atoms with Crippen molar-refractivity contribution in [2.75, 3.05) is 5.32 Å². The van der Waals surface area contributed by atoms with Crippen molar-refractivity contribution in [2.45, 2.75) is 38.6 Å². The first-order chi connectivity index (χ1) is 9.97. The molecule has 0 aromatic heterocycles. The molecule has 2 amide bonds. The molecule has 0 spiro atoms. The van der Waals surface area contributed by atoms with Gasteiger partial charge in [-0.25, -0.2) is 4.39 Å². The molecule has 0 bridgehead atoms. The second-order valence-corrected chi connectivity index (χ2v) is 5.83. The second-order valence-electron chi connectivity index (χ2n) is 5.42. The number of anilines is 1. The monoisotopic (exact) mass is 312 g/mol. The molecule has 2 rings (SSSR count). The fraction of sp³-hybridized carbons (Fsp3) is 0.467. The topological polar surface area (TPSA) is 58.2 Å². The highest BCUT2D eigenvalue weighted by Gasteiger charge is 2.25. The van der Waals surface area contributed by atoms with Crippen LogP contribution in [-0.4, -0.2) is 17.9 Å². The molecule has 0 radical (unpaired) electrons. The summed E-state index contributed by atoms with van der Waals surface area (Å²) in [5.74, 6) is -1.64. The van der Waals surface area contributed by atoms with Crippen LogP contribution >= 0.6 is 11.6 Å². The first-order valence-electron chi connectivity index (χ1n) is 7.04. The molecule has 6 heteroatoms. The highest BCUT2D eigenvalue weighted by molar-refractivity contribution is 6.40. The fourth-order valence-electron chi connectivity index (χ4n) is 2.53. The number of nitrogens with one attached hydrogen (secondary N) is 2. The number of hydrogen-bond donors (Lipinski definition) is 2. The molecule has 4 nitrogen and oxygen atoms in total. The maximum Gasteiger partial charge on any atom is 0.313 e. The summed E-state index contributed by atoms with van der Waals surface area (Å²) in [6, 6.07) is 3.80. The van der Waals surface area contributed by atoms with E-state index in [1.807, 2.05) is 0 Å². The van der Waals surface area contributed by atoms with E-state index in [2.05, 4.69) is 17.6 Å². The van der Waals surface area contributed by atoms with Crippen molar-refractivity contribution >= 4 is 29.1 Å². The zero-order valence-corrected chi connectivity index (χ0v) is 12.5. The Morgan fingerprint density at radius 2 is 1.95 bits per heavy atom. The van der Waals surface area contributed by atoms with Crippen LogP contribution in [0.3, 0.4) is 0 Å². The molecule has 21 heavy (non-hydrogen) atoms. The number of amides is 2. The minimum Gasteiger partial charge on any atom is -0.345 e. The zero-order chi connectivity index (χ0) is 15.4. The third-order valence-electron chi connectivity index (χ3n) is 3.81. The largest absolute Gasteiger partial charge is 0.345 e. The second kappa shape index (κ2) is 6.89. The van der Waals surface area contributed by atoms with Crippen molar-refractivity contribution in [3.05, 3.63) is 29.0 Å². The SMILES string of the molecule is C[C@@H]1CCCC[C@@H]1NC(=O)C(=O)Nc1ccc(F)c(Cl)c1. The van der Waals surface area contributed by atoms with Gasteiger partial charge in [0, 0.05) is 11.7 Å². The van der Waals surface area contributed by atoms with Gasteiger partial charge >= 0.3 is 11.8 Å².